The minimum atomic E-state index is -0.568. The third-order valence-electron chi connectivity index (χ3n) is 3.64. The zero-order valence-electron chi connectivity index (χ0n) is 10.4. The van der Waals surface area contributed by atoms with Gasteiger partial charge < -0.3 is 4.74 Å². The van der Waals surface area contributed by atoms with Gasteiger partial charge in [0, 0.05) is 6.61 Å². The van der Waals surface area contributed by atoms with Gasteiger partial charge >= 0.3 is 0 Å². The molecule has 1 nitrogen and oxygen atoms in total. The fourth-order valence-electron chi connectivity index (χ4n) is 2.70. The van der Waals surface area contributed by atoms with Gasteiger partial charge in [-0.3, -0.25) is 0 Å². The highest BCUT2D eigenvalue weighted by molar-refractivity contribution is 5.37. The Bertz CT molecular complexity index is 507. The van der Waals surface area contributed by atoms with Crippen molar-refractivity contribution in [1.82, 2.24) is 0 Å². The highest BCUT2D eigenvalue weighted by Gasteiger charge is 2.38. The summed E-state index contributed by atoms with van der Waals surface area (Å²) in [5.74, 6) is -0.535. The number of hydrogen-bond donors (Lipinski definition) is 0. The molecular weight excluding hydrogens is 246 g/mol. The van der Waals surface area contributed by atoms with Gasteiger partial charge in [-0.1, -0.05) is 24.3 Å². The molecule has 0 unspecified atom stereocenters. The molecule has 1 saturated heterocycles. The molecule has 0 aromatic heterocycles. The van der Waals surface area contributed by atoms with Crippen LogP contribution in [-0.2, 0) is 10.3 Å². The second kappa shape index (κ2) is 4.74. The van der Waals surface area contributed by atoms with Crippen LogP contribution in [0.4, 0.5) is 8.78 Å². The molecule has 0 N–H and O–H groups in total. The topological polar surface area (TPSA) is 9.23 Å². The van der Waals surface area contributed by atoms with E-state index in [1.165, 1.54) is 24.3 Å². The van der Waals surface area contributed by atoms with Crippen LogP contribution in [0, 0.1) is 11.6 Å². The number of hydrogen-bond acceptors (Lipinski definition) is 1. The van der Waals surface area contributed by atoms with Crippen molar-refractivity contribution >= 4 is 0 Å². The van der Waals surface area contributed by atoms with Crippen LogP contribution in [0.5, 0.6) is 0 Å². The second-order valence-corrected chi connectivity index (χ2v) is 4.79. The largest absolute Gasteiger partial charge is 0.366 e. The van der Waals surface area contributed by atoms with Crippen LogP contribution in [0.2, 0.25) is 0 Å². The summed E-state index contributed by atoms with van der Waals surface area (Å²) in [5.41, 5.74) is 1.26. The molecule has 0 saturated carbocycles. The summed E-state index contributed by atoms with van der Waals surface area (Å²) in [4.78, 5) is 0. The van der Waals surface area contributed by atoms with E-state index in [1.807, 2.05) is 0 Å². The van der Waals surface area contributed by atoms with Crippen LogP contribution in [0.25, 0.3) is 0 Å². The van der Waals surface area contributed by atoms with Crippen molar-refractivity contribution in [2.45, 2.75) is 18.4 Å². The van der Waals surface area contributed by atoms with Crippen molar-refractivity contribution in [3.63, 3.8) is 0 Å². The first kappa shape index (κ1) is 12.3. The maximum atomic E-state index is 13.1. The first-order valence-electron chi connectivity index (χ1n) is 6.37. The fraction of sp³-hybridized carbons (Fsp3) is 0.250. The number of benzene rings is 2. The lowest BCUT2D eigenvalue weighted by Crippen LogP contribution is -2.26. The average molecular weight is 260 g/mol. The van der Waals surface area contributed by atoms with E-state index in [-0.39, 0.29) is 11.6 Å². The molecule has 98 valence electrons. The van der Waals surface area contributed by atoms with Crippen LogP contribution in [0.15, 0.2) is 48.5 Å². The lowest BCUT2D eigenvalue weighted by molar-refractivity contribution is 0.0359. The lowest BCUT2D eigenvalue weighted by atomic mass is 9.84. The maximum absolute atomic E-state index is 13.1. The molecule has 19 heavy (non-hydrogen) atoms. The Balaban J connectivity index is 2.08. The number of ether oxygens (including phenoxy) is 1. The Hall–Kier alpha value is -1.74. The van der Waals surface area contributed by atoms with E-state index in [0.29, 0.717) is 6.61 Å². The zero-order chi connectivity index (χ0) is 13.3. The van der Waals surface area contributed by atoms with Crippen molar-refractivity contribution in [2.24, 2.45) is 0 Å². The van der Waals surface area contributed by atoms with E-state index in [2.05, 4.69) is 0 Å². The highest BCUT2D eigenvalue weighted by atomic mass is 19.1. The summed E-state index contributed by atoms with van der Waals surface area (Å²) in [6.45, 7) is 0.661. The van der Waals surface area contributed by atoms with Gasteiger partial charge in [0.15, 0.2) is 0 Å². The van der Waals surface area contributed by atoms with Gasteiger partial charge in [-0.25, -0.2) is 8.78 Å². The van der Waals surface area contributed by atoms with Gasteiger partial charge in [0.05, 0.1) is 0 Å². The first-order valence-corrected chi connectivity index (χ1v) is 6.37. The van der Waals surface area contributed by atoms with Crippen LogP contribution >= 0.6 is 0 Å². The van der Waals surface area contributed by atoms with Gasteiger partial charge in [-0.15, -0.1) is 0 Å². The van der Waals surface area contributed by atoms with Crippen molar-refractivity contribution in [1.29, 1.82) is 0 Å². The Morgan fingerprint density at radius 2 is 1.26 bits per heavy atom. The average Bonchev–Trinajstić information content (AvgIpc) is 2.91. The Kier molecular flexibility index (Phi) is 3.07. The molecule has 1 aliphatic rings. The summed E-state index contributed by atoms with van der Waals surface area (Å²) < 4.78 is 32.1. The third-order valence-corrected chi connectivity index (χ3v) is 3.64. The predicted octanol–water partition coefficient (Wildman–Crippen LogP) is 4.02. The summed E-state index contributed by atoms with van der Waals surface area (Å²) in [5, 5.41) is 0. The maximum Gasteiger partial charge on any atom is 0.123 e. The van der Waals surface area contributed by atoms with Crippen molar-refractivity contribution < 1.29 is 13.5 Å². The molecule has 3 heteroatoms. The van der Waals surface area contributed by atoms with Crippen molar-refractivity contribution in [2.75, 3.05) is 6.61 Å². The molecule has 0 aliphatic carbocycles. The van der Waals surface area contributed by atoms with E-state index in [0.717, 1.165) is 24.0 Å². The number of halogens is 2. The molecule has 1 aliphatic heterocycles. The number of rotatable bonds is 2. The Labute approximate surface area is 110 Å². The van der Waals surface area contributed by atoms with E-state index < -0.39 is 5.60 Å². The predicted molar refractivity (Wildman–Crippen MR) is 68.8 cm³/mol. The van der Waals surface area contributed by atoms with E-state index in [9.17, 15) is 8.78 Å². The Morgan fingerprint density at radius 3 is 1.63 bits per heavy atom. The van der Waals surface area contributed by atoms with Crippen LogP contribution in [-0.4, -0.2) is 6.61 Å². The van der Waals surface area contributed by atoms with Gasteiger partial charge in [-0.2, -0.15) is 0 Å². The SMILES string of the molecule is Fc1ccc(C2(c3ccc(F)cc3)CCCO2)cc1. The molecule has 0 amide bonds. The minimum absolute atomic E-state index is 0.268. The van der Waals surface area contributed by atoms with Crippen LogP contribution < -0.4 is 0 Å². The molecule has 2 aromatic rings. The monoisotopic (exact) mass is 260 g/mol. The minimum Gasteiger partial charge on any atom is -0.366 e. The molecule has 3 rings (SSSR count). The normalized spacial score (nSPS) is 17.6. The standard InChI is InChI=1S/C16H14F2O/c17-14-6-2-12(3-7-14)16(10-1-11-19-16)13-4-8-15(18)9-5-13/h2-9H,1,10-11H2. The fourth-order valence-corrected chi connectivity index (χ4v) is 2.70. The summed E-state index contributed by atoms with van der Waals surface area (Å²) in [6, 6.07) is 12.7. The van der Waals surface area contributed by atoms with Gasteiger partial charge in [0.2, 0.25) is 0 Å². The second-order valence-electron chi connectivity index (χ2n) is 4.79. The molecule has 1 heterocycles. The molecule has 0 spiro atoms. The summed E-state index contributed by atoms with van der Waals surface area (Å²) in [7, 11) is 0. The van der Waals surface area contributed by atoms with Crippen molar-refractivity contribution in [3.05, 3.63) is 71.3 Å². The first-order chi connectivity index (χ1) is 9.21. The van der Waals surface area contributed by atoms with Gasteiger partial charge in [-0.05, 0) is 48.2 Å². The molecule has 1 fully saturated rings. The van der Waals surface area contributed by atoms with Gasteiger partial charge in [0.1, 0.15) is 17.2 Å². The zero-order valence-corrected chi connectivity index (χ0v) is 10.4. The lowest BCUT2D eigenvalue weighted by Gasteiger charge is -2.29. The summed E-state index contributed by atoms with van der Waals surface area (Å²) in [6.07, 6.45) is 1.76. The molecule has 0 bridgehead atoms. The summed E-state index contributed by atoms with van der Waals surface area (Å²) >= 11 is 0. The molecule has 0 atom stereocenters. The van der Waals surface area contributed by atoms with Crippen molar-refractivity contribution in [3.8, 4) is 0 Å². The highest BCUT2D eigenvalue weighted by Crippen LogP contribution is 2.42. The van der Waals surface area contributed by atoms with Gasteiger partial charge in [0.25, 0.3) is 0 Å². The molecular formula is C16H14F2O. The molecule has 0 radical (unpaired) electrons. The van der Waals surface area contributed by atoms with E-state index in [4.69, 9.17) is 4.74 Å². The van der Waals surface area contributed by atoms with Crippen LogP contribution in [0.3, 0.4) is 0 Å². The van der Waals surface area contributed by atoms with Crippen LogP contribution in [0.1, 0.15) is 24.0 Å². The smallest absolute Gasteiger partial charge is 0.123 e. The molecule has 2 aromatic carbocycles. The third kappa shape index (κ3) is 2.15. The van der Waals surface area contributed by atoms with E-state index >= 15 is 0 Å². The van der Waals surface area contributed by atoms with E-state index in [1.54, 1.807) is 24.3 Å². The quantitative estimate of drug-likeness (QED) is 0.792. The Morgan fingerprint density at radius 1 is 0.789 bits per heavy atom.